The van der Waals surface area contributed by atoms with Gasteiger partial charge in [0, 0.05) is 18.3 Å². The van der Waals surface area contributed by atoms with Crippen LogP contribution in [0.15, 0.2) is 61.2 Å². The van der Waals surface area contributed by atoms with E-state index < -0.39 is 0 Å². The molecule has 116 valence electrons. The first kappa shape index (κ1) is 14.9. The number of hydrogen-bond donors (Lipinski definition) is 0. The summed E-state index contributed by atoms with van der Waals surface area (Å²) in [6.07, 6.45) is 7.65. The Kier molecular flexibility index (Phi) is 4.42. The predicted molar refractivity (Wildman–Crippen MR) is 87.6 cm³/mol. The Morgan fingerprint density at radius 2 is 2.00 bits per heavy atom. The van der Waals surface area contributed by atoms with E-state index in [-0.39, 0.29) is 5.91 Å². The number of nitrogens with zero attached hydrogens (tertiary/aromatic N) is 5. The van der Waals surface area contributed by atoms with Gasteiger partial charge in [0.25, 0.3) is 5.91 Å². The molecular formula is C17H17N5O. The summed E-state index contributed by atoms with van der Waals surface area (Å²) in [7, 11) is 0. The molecule has 0 aliphatic rings. The third kappa shape index (κ3) is 3.26. The Hall–Kier alpha value is -3.02. The van der Waals surface area contributed by atoms with Crippen molar-refractivity contribution in [2.24, 2.45) is 0 Å². The average Bonchev–Trinajstić information content (AvgIpc) is 3.15. The summed E-state index contributed by atoms with van der Waals surface area (Å²) >= 11 is 0. The number of benzene rings is 1. The van der Waals surface area contributed by atoms with Gasteiger partial charge >= 0.3 is 0 Å². The lowest BCUT2D eigenvalue weighted by Gasteiger charge is -2.22. The zero-order chi connectivity index (χ0) is 16.1. The van der Waals surface area contributed by atoms with Crippen LogP contribution in [0.5, 0.6) is 0 Å². The van der Waals surface area contributed by atoms with Gasteiger partial charge in [0.15, 0.2) is 0 Å². The second-order valence-corrected chi connectivity index (χ2v) is 5.06. The van der Waals surface area contributed by atoms with E-state index in [0.717, 1.165) is 17.8 Å². The minimum absolute atomic E-state index is 0.0370. The number of carbonyl (C=O) groups is 1. The lowest BCUT2D eigenvalue weighted by molar-refractivity contribution is 0.0987. The van der Waals surface area contributed by atoms with E-state index in [1.807, 2.05) is 31.2 Å². The van der Waals surface area contributed by atoms with Gasteiger partial charge in [0.2, 0.25) is 0 Å². The van der Waals surface area contributed by atoms with Crippen molar-refractivity contribution in [2.75, 3.05) is 11.4 Å². The van der Waals surface area contributed by atoms with E-state index >= 15 is 0 Å². The maximum absolute atomic E-state index is 12.8. The Balaban J connectivity index is 1.85. The third-order valence-electron chi connectivity index (χ3n) is 3.45. The van der Waals surface area contributed by atoms with Crippen molar-refractivity contribution in [3.05, 3.63) is 66.7 Å². The number of amides is 1. The molecule has 0 saturated heterocycles. The minimum atomic E-state index is -0.0370. The Morgan fingerprint density at radius 1 is 1.17 bits per heavy atom. The Morgan fingerprint density at radius 3 is 2.61 bits per heavy atom. The highest BCUT2D eigenvalue weighted by Gasteiger charge is 2.17. The number of hydrogen-bond acceptors (Lipinski definition) is 4. The maximum atomic E-state index is 12.8. The highest BCUT2D eigenvalue weighted by molar-refractivity contribution is 6.06. The van der Waals surface area contributed by atoms with Crippen molar-refractivity contribution >= 4 is 11.6 Å². The highest BCUT2D eigenvalue weighted by atomic mass is 16.2. The molecule has 0 aliphatic heterocycles. The van der Waals surface area contributed by atoms with Crippen molar-refractivity contribution in [1.29, 1.82) is 0 Å². The lowest BCUT2D eigenvalue weighted by Crippen LogP contribution is -2.31. The van der Waals surface area contributed by atoms with Crippen LogP contribution in [0.2, 0.25) is 0 Å². The number of pyridine rings is 1. The molecule has 23 heavy (non-hydrogen) atoms. The molecule has 6 heteroatoms. The van der Waals surface area contributed by atoms with Crippen LogP contribution in [-0.2, 0) is 0 Å². The fourth-order valence-corrected chi connectivity index (χ4v) is 2.34. The van der Waals surface area contributed by atoms with Crippen molar-refractivity contribution in [3.8, 4) is 5.69 Å². The normalized spacial score (nSPS) is 10.5. The molecule has 0 unspecified atom stereocenters. The van der Waals surface area contributed by atoms with Gasteiger partial charge in [-0.1, -0.05) is 12.1 Å². The molecule has 0 spiro atoms. The van der Waals surface area contributed by atoms with Crippen LogP contribution in [-0.4, -0.2) is 32.4 Å². The van der Waals surface area contributed by atoms with E-state index in [4.69, 9.17) is 0 Å². The lowest BCUT2D eigenvalue weighted by atomic mass is 10.1. The summed E-state index contributed by atoms with van der Waals surface area (Å²) in [6, 6.07) is 11.0. The van der Waals surface area contributed by atoms with Gasteiger partial charge in [0.05, 0.1) is 30.0 Å². The molecule has 1 aromatic carbocycles. The highest BCUT2D eigenvalue weighted by Crippen LogP contribution is 2.17. The smallest absolute Gasteiger partial charge is 0.258 e. The maximum Gasteiger partial charge on any atom is 0.258 e. The zero-order valence-corrected chi connectivity index (χ0v) is 12.8. The van der Waals surface area contributed by atoms with E-state index in [0.29, 0.717) is 12.1 Å². The van der Waals surface area contributed by atoms with Crippen LogP contribution in [0.4, 0.5) is 5.69 Å². The number of carbonyl (C=O) groups excluding carboxylic acids is 1. The molecule has 2 heterocycles. The largest absolute Gasteiger partial charge is 0.307 e. The Labute approximate surface area is 134 Å². The molecule has 0 saturated carbocycles. The summed E-state index contributed by atoms with van der Waals surface area (Å²) in [5, 5.41) is 7.72. The second kappa shape index (κ2) is 6.83. The summed E-state index contributed by atoms with van der Waals surface area (Å²) < 4.78 is 1.65. The van der Waals surface area contributed by atoms with Crippen molar-refractivity contribution in [3.63, 3.8) is 0 Å². The van der Waals surface area contributed by atoms with Crippen LogP contribution in [0.1, 0.15) is 23.7 Å². The van der Waals surface area contributed by atoms with Crippen molar-refractivity contribution < 1.29 is 4.79 Å². The number of aromatic nitrogens is 4. The first-order chi connectivity index (χ1) is 11.3. The fraction of sp³-hybridized carbons (Fsp3) is 0.176. The standard InChI is InChI=1S/C17H17N5O/c1-2-11-21(16-4-3-9-18-13-16)17(23)14-5-7-15(8-6-14)22-12-10-19-20-22/h3-10,12-13H,2,11H2,1H3. The van der Waals surface area contributed by atoms with Crippen LogP contribution in [0.3, 0.4) is 0 Å². The van der Waals surface area contributed by atoms with E-state index in [1.54, 1.807) is 46.5 Å². The van der Waals surface area contributed by atoms with E-state index in [2.05, 4.69) is 15.3 Å². The summed E-state index contributed by atoms with van der Waals surface area (Å²) in [4.78, 5) is 18.6. The van der Waals surface area contributed by atoms with Crippen LogP contribution in [0, 0.1) is 0 Å². The van der Waals surface area contributed by atoms with Gasteiger partial charge in [-0.25, -0.2) is 4.68 Å². The molecule has 3 rings (SSSR count). The third-order valence-corrected chi connectivity index (χ3v) is 3.45. The van der Waals surface area contributed by atoms with Crippen molar-refractivity contribution in [1.82, 2.24) is 20.0 Å². The van der Waals surface area contributed by atoms with Crippen molar-refractivity contribution in [2.45, 2.75) is 13.3 Å². The molecule has 0 radical (unpaired) electrons. The van der Waals surface area contributed by atoms with Crippen LogP contribution in [0.25, 0.3) is 5.69 Å². The average molecular weight is 307 g/mol. The summed E-state index contributed by atoms with van der Waals surface area (Å²) in [5.41, 5.74) is 2.30. The minimum Gasteiger partial charge on any atom is -0.307 e. The molecule has 0 atom stereocenters. The molecule has 0 bridgehead atoms. The SMILES string of the molecule is CCCN(C(=O)c1ccc(-n2ccnn2)cc1)c1cccnc1. The van der Waals surface area contributed by atoms with Gasteiger partial charge < -0.3 is 4.90 Å². The second-order valence-electron chi connectivity index (χ2n) is 5.06. The van der Waals surface area contributed by atoms with Gasteiger partial charge in [-0.05, 0) is 42.8 Å². The molecule has 1 amide bonds. The molecule has 0 N–H and O–H groups in total. The van der Waals surface area contributed by atoms with E-state index in [9.17, 15) is 4.79 Å². The van der Waals surface area contributed by atoms with Gasteiger partial charge in [-0.3, -0.25) is 9.78 Å². The molecule has 3 aromatic rings. The monoisotopic (exact) mass is 307 g/mol. The number of rotatable bonds is 5. The summed E-state index contributed by atoms with van der Waals surface area (Å²) in [5.74, 6) is -0.0370. The van der Waals surface area contributed by atoms with Gasteiger partial charge in [-0.2, -0.15) is 0 Å². The molecule has 2 aromatic heterocycles. The fourth-order valence-electron chi connectivity index (χ4n) is 2.34. The van der Waals surface area contributed by atoms with Crippen LogP contribution >= 0.6 is 0 Å². The van der Waals surface area contributed by atoms with Crippen LogP contribution < -0.4 is 4.90 Å². The first-order valence-corrected chi connectivity index (χ1v) is 7.48. The quantitative estimate of drug-likeness (QED) is 0.727. The topological polar surface area (TPSA) is 63.9 Å². The summed E-state index contributed by atoms with van der Waals surface area (Å²) in [6.45, 7) is 2.69. The first-order valence-electron chi connectivity index (χ1n) is 7.48. The molecular weight excluding hydrogens is 290 g/mol. The zero-order valence-electron chi connectivity index (χ0n) is 12.8. The van der Waals surface area contributed by atoms with Gasteiger partial charge in [0.1, 0.15) is 0 Å². The Bertz CT molecular complexity index is 753. The molecule has 0 aliphatic carbocycles. The van der Waals surface area contributed by atoms with Gasteiger partial charge in [-0.15, -0.1) is 5.10 Å². The predicted octanol–water partition coefficient (Wildman–Crippen LogP) is 2.72. The van der Waals surface area contributed by atoms with E-state index in [1.165, 1.54) is 0 Å². The molecule has 0 fully saturated rings. The number of anilines is 1. The molecule has 6 nitrogen and oxygen atoms in total.